The van der Waals surface area contributed by atoms with Crippen molar-refractivity contribution >= 4 is 5.91 Å². The molecular weight excluding hydrogens is 267 g/mol. The average Bonchev–Trinajstić information content (AvgIpc) is 2.50. The monoisotopic (exact) mass is 284 g/mol. The third kappa shape index (κ3) is 3.28. The van der Waals surface area contributed by atoms with Crippen molar-refractivity contribution in [1.29, 1.82) is 0 Å². The van der Waals surface area contributed by atoms with Crippen LogP contribution in [0.5, 0.6) is 0 Å². The van der Waals surface area contributed by atoms with E-state index in [0.29, 0.717) is 13.0 Å². The van der Waals surface area contributed by atoms with E-state index in [1.807, 2.05) is 36.4 Å². The van der Waals surface area contributed by atoms with Gasteiger partial charge in [-0.3, -0.25) is 10.1 Å². The predicted octanol–water partition coefficient (Wildman–Crippen LogP) is 2.20. The number of carbonyl (C=O) groups excluding carboxylic acids is 1. The first-order valence-electron chi connectivity index (χ1n) is 7.05. The Kier molecular flexibility index (Phi) is 3.97. The Morgan fingerprint density at radius 2 is 1.90 bits per heavy atom. The van der Waals surface area contributed by atoms with Gasteiger partial charge in [-0.05, 0) is 29.7 Å². The lowest BCUT2D eigenvalue weighted by molar-refractivity contribution is -0.125. The number of piperazine rings is 1. The normalized spacial score (nSPS) is 21.9. The highest BCUT2D eigenvalue weighted by Crippen LogP contribution is 2.18. The van der Waals surface area contributed by atoms with E-state index in [1.54, 1.807) is 6.07 Å². The molecule has 1 fully saturated rings. The van der Waals surface area contributed by atoms with Gasteiger partial charge in [-0.2, -0.15) is 0 Å². The van der Waals surface area contributed by atoms with Crippen molar-refractivity contribution in [3.05, 3.63) is 71.5 Å². The number of benzene rings is 2. The fourth-order valence-corrected chi connectivity index (χ4v) is 2.64. The smallest absolute Gasteiger partial charge is 0.237 e. The Hall–Kier alpha value is -2.20. The van der Waals surface area contributed by atoms with Gasteiger partial charge in [-0.25, -0.2) is 4.39 Å². The van der Waals surface area contributed by atoms with Gasteiger partial charge in [0.05, 0.1) is 12.1 Å². The van der Waals surface area contributed by atoms with Crippen molar-refractivity contribution in [2.24, 2.45) is 0 Å². The van der Waals surface area contributed by atoms with E-state index in [0.717, 1.165) is 11.1 Å². The molecule has 0 spiro atoms. The van der Waals surface area contributed by atoms with Gasteiger partial charge in [0.2, 0.25) is 5.91 Å². The minimum absolute atomic E-state index is 0.00786. The third-order valence-electron chi connectivity index (χ3n) is 3.73. The molecule has 2 N–H and O–H groups in total. The molecule has 1 amide bonds. The first-order chi connectivity index (χ1) is 10.2. The second-order valence-corrected chi connectivity index (χ2v) is 5.26. The molecule has 0 bridgehead atoms. The van der Waals surface area contributed by atoms with Gasteiger partial charge < -0.3 is 5.32 Å². The number of halogens is 1. The molecule has 0 radical (unpaired) electrons. The van der Waals surface area contributed by atoms with Gasteiger partial charge in [0.1, 0.15) is 5.82 Å². The molecule has 2 aromatic rings. The Labute approximate surface area is 123 Å². The summed E-state index contributed by atoms with van der Waals surface area (Å²) in [6.45, 7) is 0.480. The fraction of sp³-hybridized carbons (Fsp3) is 0.235. The zero-order valence-corrected chi connectivity index (χ0v) is 11.6. The van der Waals surface area contributed by atoms with Gasteiger partial charge in [-0.15, -0.1) is 0 Å². The molecule has 2 unspecified atom stereocenters. The minimum atomic E-state index is -0.297. The maximum atomic E-state index is 13.3. The van der Waals surface area contributed by atoms with E-state index in [2.05, 4.69) is 10.6 Å². The molecule has 0 saturated carbocycles. The molecule has 1 aliphatic rings. The van der Waals surface area contributed by atoms with Crippen molar-refractivity contribution in [2.75, 3.05) is 6.54 Å². The summed E-state index contributed by atoms with van der Waals surface area (Å²) in [5.74, 6) is -0.266. The van der Waals surface area contributed by atoms with Gasteiger partial charge in [0.15, 0.2) is 0 Å². The van der Waals surface area contributed by atoms with Crippen LogP contribution in [0.3, 0.4) is 0 Å². The molecule has 2 atom stereocenters. The van der Waals surface area contributed by atoms with Gasteiger partial charge in [-0.1, -0.05) is 42.5 Å². The largest absolute Gasteiger partial charge is 0.353 e. The predicted molar refractivity (Wildman–Crippen MR) is 79.2 cm³/mol. The van der Waals surface area contributed by atoms with Gasteiger partial charge >= 0.3 is 0 Å². The molecule has 1 heterocycles. The average molecular weight is 284 g/mol. The van der Waals surface area contributed by atoms with Crippen molar-refractivity contribution in [2.45, 2.75) is 18.5 Å². The highest BCUT2D eigenvalue weighted by Gasteiger charge is 2.28. The van der Waals surface area contributed by atoms with Crippen LogP contribution in [0.2, 0.25) is 0 Å². The lowest BCUT2D eigenvalue weighted by Crippen LogP contribution is -2.55. The number of hydrogen-bond acceptors (Lipinski definition) is 2. The van der Waals surface area contributed by atoms with Crippen LogP contribution < -0.4 is 10.6 Å². The molecule has 4 heteroatoms. The van der Waals surface area contributed by atoms with Crippen LogP contribution in [-0.4, -0.2) is 18.5 Å². The van der Waals surface area contributed by atoms with Crippen LogP contribution in [0, 0.1) is 5.82 Å². The van der Waals surface area contributed by atoms with E-state index in [-0.39, 0.29) is 23.8 Å². The highest BCUT2D eigenvalue weighted by molar-refractivity contribution is 5.83. The zero-order valence-electron chi connectivity index (χ0n) is 11.6. The summed E-state index contributed by atoms with van der Waals surface area (Å²) in [6.07, 6.45) is 0.624. The van der Waals surface area contributed by atoms with E-state index < -0.39 is 0 Å². The molecule has 1 aliphatic heterocycles. The molecule has 21 heavy (non-hydrogen) atoms. The summed E-state index contributed by atoms with van der Waals surface area (Å²) >= 11 is 0. The molecule has 0 aliphatic carbocycles. The van der Waals surface area contributed by atoms with E-state index in [4.69, 9.17) is 0 Å². The van der Waals surface area contributed by atoms with E-state index in [1.165, 1.54) is 12.1 Å². The second-order valence-electron chi connectivity index (χ2n) is 5.26. The number of carbonyl (C=O) groups is 1. The number of nitrogens with one attached hydrogen (secondary N) is 2. The van der Waals surface area contributed by atoms with Crippen LogP contribution in [-0.2, 0) is 11.2 Å². The van der Waals surface area contributed by atoms with Crippen molar-refractivity contribution in [3.63, 3.8) is 0 Å². The molecule has 0 aromatic heterocycles. The summed E-state index contributed by atoms with van der Waals surface area (Å²) in [4.78, 5) is 12.0. The molecule has 108 valence electrons. The van der Waals surface area contributed by atoms with Crippen LogP contribution in [0.15, 0.2) is 54.6 Å². The first kappa shape index (κ1) is 13.8. The minimum Gasteiger partial charge on any atom is -0.353 e. The van der Waals surface area contributed by atoms with Crippen molar-refractivity contribution < 1.29 is 9.18 Å². The topological polar surface area (TPSA) is 41.1 Å². The van der Waals surface area contributed by atoms with Gasteiger partial charge in [0.25, 0.3) is 0 Å². The Balaban J connectivity index is 1.74. The van der Waals surface area contributed by atoms with Gasteiger partial charge in [0, 0.05) is 6.54 Å². The molecule has 3 nitrogen and oxygen atoms in total. The Bertz CT molecular complexity index is 630. The molecule has 1 saturated heterocycles. The standard InChI is InChI=1S/C17H17FN2O/c18-14-8-4-7-13(10-14)16-11-19-17(21)15(20-16)9-12-5-2-1-3-6-12/h1-8,10,15-16,20H,9,11H2,(H,19,21). The van der Waals surface area contributed by atoms with Crippen molar-refractivity contribution in [3.8, 4) is 0 Å². The molecule has 2 aromatic carbocycles. The highest BCUT2D eigenvalue weighted by atomic mass is 19.1. The Morgan fingerprint density at radius 1 is 1.10 bits per heavy atom. The first-order valence-corrected chi connectivity index (χ1v) is 7.05. The summed E-state index contributed by atoms with van der Waals surface area (Å²) in [6, 6.07) is 16.0. The lowest BCUT2D eigenvalue weighted by atomic mass is 9.98. The number of rotatable bonds is 3. The number of amides is 1. The summed E-state index contributed by atoms with van der Waals surface area (Å²) in [5, 5.41) is 6.21. The number of hydrogen-bond donors (Lipinski definition) is 2. The third-order valence-corrected chi connectivity index (χ3v) is 3.73. The quantitative estimate of drug-likeness (QED) is 0.907. The maximum absolute atomic E-state index is 13.3. The fourth-order valence-electron chi connectivity index (χ4n) is 2.64. The van der Waals surface area contributed by atoms with Crippen LogP contribution >= 0.6 is 0 Å². The summed E-state index contributed by atoms with van der Waals surface area (Å²) in [5.41, 5.74) is 1.96. The van der Waals surface area contributed by atoms with E-state index >= 15 is 0 Å². The van der Waals surface area contributed by atoms with Crippen LogP contribution in [0.4, 0.5) is 4.39 Å². The van der Waals surface area contributed by atoms with Crippen LogP contribution in [0.25, 0.3) is 0 Å². The van der Waals surface area contributed by atoms with E-state index in [9.17, 15) is 9.18 Å². The second kappa shape index (κ2) is 6.06. The summed E-state index contributed by atoms with van der Waals surface area (Å²) in [7, 11) is 0. The molecular formula is C17H17FN2O. The zero-order chi connectivity index (χ0) is 14.7. The van der Waals surface area contributed by atoms with Crippen LogP contribution in [0.1, 0.15) is 17.2 Å². The summed E-state index contributed by atoms with van der Waals surface area (Å²) < 4.78 is 13.3. The maximum Gasteiger partial charge on any atom is 0.237 e. The molecule has 3 rings (SSSR count). The van der Waals surface area contributed by atoms with Crippen molar-refractivity contribution in [1.82, 2.24) is 10.6 Å². The Morgan fingerprint density at radius 3 is 2.67 bits per heavy atom. The SMILES string of the molecule is O=C1NCC(c2cccc(F)c2)NC1Cc1ccccc1. The lowest BCUT2D eigenvalue weighted by Gasteiger charge is -2.31.